The highest BCUT2D eigenvalue weighted by Crippen LogP contribution is 2.31. The first-order valence-corrected chi connectivity index (χ1v) is 8.68. The summed E-state index contributed by atoms with van der Waals surface area (Å²) in [6.45, 7) is 7.01. The van der Waals surface area contributed by atoms with Gasteiger partial charge in [-0.15, -0.1) is 0 Å². The molecule has 1 amide bonds. The number of rotatable bonds is 4. The molecule has 0 spiro atoms. The number of aromatic nitrogens is 2. The number of furan rings is 1. The first kappa shape index (κ1) is 19.7. The van der Waals surface area contributed by atoms with Gasteiger partial charge >= 0.3 is 6.18 Å². The van der Waals surface area contributed by atoms with Crippen LogP contribution in [0.15, 0.2) is 40.9 Å². The van der Waals surface area contributed by atoms with E-state index in [0.29, 0.717) is 34.0 Å². The van der Waals surface area contributed by atoms with Crippen LogP contribution in [0.4, 0.5) is 13.2 Å². The third-order valence-corrected chi connectivity index (χ3v) is 4.57. The smallest absolute Gasteiger partial charge is 0.416 e. The number of hydrogen-bond donors (Lipinski definition) is 1. The van der Waals surface area contributed by atoms with Crippen LogP contribution in [-0.4, -0.2) is 15.7 Å². The lowest BCUT2D eigenvalue weighted by Crippen LogP contribution is -2.27. The Balaban J connectivity index is 1.85. The molecular weight excluding hydrogens is 371 g/mol. The number of benzene rings is 1. The zero-order valence-electron chi connectivity index (χ0n) is 15.9. The molecular formula is C20H20F3N3O2. The lowest BCUT2D eigenvalue weighted by molar-refractivity contribution is -0.137. The SMILES string of the molecule is Cc1cc(C(=O)NC(C)c2cnn(-c3cccc(C(F)(F)F)c3)c2C)c(C)o1. The molecule has 1 atom stereocenters. The Hall–Kier alpha value is -3.03. The highest BCUT2D eigenvalue weighted by molar-refractivity contribution is 5.95. The summed E-state index contributed by atoms with van der Waals surface area (Å²) in [4.78, 5) is 12.5. The zero-order valence-corrected chi connectivity index (χ0v) is 15.9. The number of carbonyl (C=O) groups is 1. The molecule has 1 N–H and O–H groups in total. The molecule has 148 valence electrons. The third-order valence-electron chi connectivity index (χ3n) is 4.57. The Kier molecular flexibility index (Phi) is 5.06. The first-order chi connectivity index (χ1) is 13.1. The molecule has 0 saturated heterocycles. The van der Waals surface area contributed by atoms with Gasteiger partial charge in [0, 0.05) is 11.3 Å². The van der Waals surface area contributed by atoms with Crippen LogP contribution < -0.4 is 5.32 Å². The number of halogens is 3. The molecule has 0 saturated carbocycles. The molecule has 28 heavy (non-hydrogen) atoms. The molecule has 5 nitrogen and oxygen atoms in total. The van der Waals surface area contributed by atoms with Crippen LogP contribution in [0.3, 0.4) is 0 Å². The number of amides is 1. The largest absolute Gasteiger partial charge is 0.466 e. The molecule has 3 rings (SSSR count). The van der Waals surface area contributed by atoms with Crippen molar-refractivity contribution >= 4 is 5.91 Å². The zero-order chi connectivity index (χ0) is 20.6. The average Bonchev–Trinajstić information content (AvgIpc) is 3.16. The average molecular weight is 391 g/mol. The van der Waals surface area contributed by atoms with Gasteiger partial charge in [0.2, 0.25) is 0 Å². The van der Waals surface area contributed by atoms with Crippen molar-refractivity contribution in [3.63, 3.8) is 0 Å². The molecule has 3 aromatic rings. The topological polar surface area (TPSA) is 60.1 Å². The van der Waals surface area contributed by atoms with Crippen molar-refractivity contribution in [2.24, 2.45) is 0 Å². The summed E-state index contributed by atoms with van der Waals surface area (Å²) in [5, 5.41) is 7.09. The second-order valence-corrected chi connectivity index (χ2v) is 6.67. The maximum absolute atomic E-state index is 13.0. The fourth-order valence-electron chi connectivity index (χ4n) is 3.13. The standard InChI is InChI=1S/C20H20F3N3O2/c1-11-8-17(14(4)28-11)19(27)25-12(2)18-10-24-26(13(18)3)16-7-5-6-15(9-16)20(21,22)23/h5-10,12H,1-4H3,(H,25,27). The quantitative estimate of drug-likeness (QED) is 0.688. The summed E-state index contributed by atoms with van der Waals surface area (Å²) in [6, 6.07) is 6.23. The summed E-state index contributed by atoms with van der Waals surface area (Å²) in [6.07, 6.45) is -2.88. The number of nitrogens with zero attached hydrogens (tertiary/aromatic N) is 2. The Labute approximate surface area is 160 Å². The van der Waals surface area contributed by atoms with Crippen molar-refractivity contribution in [2.45, 2.75) is 39.9 Å². The van der Waals surface area contributed by atoms with E-state index >= 15 is 0 Å². The lowest BCUT2D eigenvalue weighted by atomic mass is 10.1. The molecule has 0 aliphatic carbocycles. The van der Waals surface area contributed by atoms with Crippen molar-refractivity contribution in [2.75, 3.05) is 0 Å². The van der Waals surface area contributed by atoms with E-state index in [1.54, 1.807) is 46.0 Å². The summed E-state index contributed by atoms with van der Waals surface area (Å²) in [5.41, 5.74) is 1.37. The highest BCUT2D eigenvalue weighted by Gasteiger charge is 2.30. The molecule has 0 aliphatic rings. The van der Waals surface area contributed by atoms with E-state index in [-0.39, 0.29) is 11.9 Å². The van der Waals surface area contributed by atoms with Crippen molar-refractivity contribution in [1.82, 2.24) is 15.1 Å². The van der Waals surface area contributed by atoms with Crippen LogP contribution in [0, 0.1) is 20.8 Å². The van der Waals surface area contributed by atoms with Gasteiger partial charge in [0.15, 0.2) is 0 Å². The number of alkyl halides is 3. The molecule has 0 fully saturated rings. The Morgan fingerprint density at radius 1 is 1.21 bits per heavy atom. The molecule has 1 aromatic carbocycles. The van der Waals surface area contributed by atoms with Gasteiger partial charge in [-0.05, 0) is 52.0 Å². The minimum absolute atomic E-state index is 0.284. The maximum Gasteiger partial charge on any atom is 0.416 e. The van der Waals surface area contributed by atoms with Gasteiger partial charge in [-0.2, -0.15) is 18.3 Å². The minimum atomic E-state index is -4.43. The van der Waals surface area contributed by atoms with Crippen LogP contribution in [0.25, 0.3) is 5.69 Å². The summed E-state index contributed by atoms with van der Waals surface area (Å²) in [5.74, 6) is 0.885. The first-order valence-electron chi connectivity index (χ1n) is 8.68. The monoisotopic (exact) mass is 391 g/mol. The van der Waals surface area contributed by atoms with Gasteiger partial charge in [-0.1, -0.05) is 6.07 Å². The van der Waals surface area contributed by atoms with E-state index in [9.17, 15) is 18.0 Å². The third kappa shape index (κ3) is 3.81. The van der Waals surface area contributed by atoms with E-state index < -0.39 is 11.7 Å². The van der Waals surface area contributed by atoms with E-state index in [2.05, 4.69) is 10.4 Å². The Morgan fingerprint density at radius 2 is 1.93 bits per heavy atom. The van der Waals surface area contributed by atoms with Crippen LogP contribution in [-0.2, 0) is 6.18 Å². The number of nitrogens with one attached hydrogen (secondary N) is 1. The maximum atomic E-state index is 13.0. The summed E-state index contributed by atoms with van der Waals surface area (Å²) in [7, 11) is 0. The predicted octanol–water partition coefficient (Wildman–Crippen LogP) is 4.90. The van der Waals surface area contributed by atoms with Crippen LogP contribution in [0.2, 0.25) is 0 Å². The van der Waals surface area contributed by atoms with Gasteiger partial charge in [0.1, 0.15) is 11.5 Å². The van der Waals surface area contributed by atoms with Gasteiger partial charge in [0.25, 0.3) is 5.91 Å². The summed E-state index contributed by atoms with van der Waals surface area (Å²) < 4.78 is 45.7. The van der Waals surface area contributed by atoms with Crippen LogP contribution in [0.5, 0.6) is 0 Å². The Morgan fingerprint density at radius 3 is 2.54 bits per heavy atom. The van der Waals surface area contributed by atoms with E-state index in [1.807, 2.05) is 0 Å². The predicted molar refractivity (Wildman–Crippen MR) is 97.4 cm³/mol. The van der Waals surface area contributed by atoms with E-state index in [4.69, 9.17) is 4.42 Å². The van der Waals surface area contributed by atoms with Gasteiger partial charge < -0.3 is 9.73 Å². The second kappa shape index (κ2) is 7.18. The fourth-order valence-corrected chi connectivity index (χ4v) is 3.13. The van der Waals surface area contributed by atoms with Gasteiger partial charge in [0.05, 0.1) is 29.1 Å². The normalized spacial score (nSPS) is 12.8. The van der Waals surface area contributed by atoms with Crippen molar-refractivity contribution < 1.29 is 22.4 Å². The number of hydrogen-bond acceptors (Lipinski definition) is 3. The number of carbonyl (C=O) groups excluding carboxylic acids is 1. The van der Waals surface area contributed by atoms with Gasteiger partial charge in [-0.25, -0.2) is 4.68 Å². The van der Waals surface area contributed by atoms with Crippen molar-refractivity contribution in [3.05, 3.63) is 70.4 Å². The molecule has 8 heteroatoms. The van der Waals surface area contributed by atoms with E-state index in [0.717, 1.165) is 12.1 Å². The lowest BCUT2D eigenvalue weighted by Gasteiger charge is -2.14. The number of aryl methyl sites for hydroxylation is 2. The van der Waals surface area contributed by atoms with Crippen LogP contribution in [0.1, 0.15) is 51.7 Å². The molecule has 1 unspecified atom stereocenters. The molecule has 2 aromatic heterocycles. The highest BCUT2D eigenvalue weighted by atomic mass is 19.4. The van der Waals surface area contributed by atoms with Crippen molar-refractivity contribution in [3.8, 4) is 5.69 Å². The van der Waals surface area contributed by atoms with Crippen LogP contribution >= 0.6 is 0 Å². The Bertz CT molecular complexity index is 1020. The van der Waals surface area contributed by atoms with E-state index in [1.165, 1.54) is 10.7 Å². The van der Waals surface area contributed by atoms with Crippen molar-refractivity contribution in [1.29, 1.82) is 0 Å². The summed E-state index contributed by atoms with van der Waals surface area (Å²) >= 11 is 0. The molecule has 2 heterocycles. The fraction of sp³-hybridized carbons (Fsp3) is 0.300. The molecule has 0 bridgehead atoms. The second-order valence-electron chi connectivity index (χ2n) is 6.67. The minimum Gasteiger partial charge on any atom is -0.466 e. The molecule has 0 aliphatic heterocycles. The van der Waals surface area contributed by atoms with Gasteiger partial charge in [-0.3, -0.25) is 4.79 Å². The molecule has 0 radical (unpaired) electrons.